The van der Waals surface area contributed by atoms with Gasteiger partial charge in [0.2, 0.25) is 15.9 Å². The molecule has 1 aliphatic rings. The van der Waals surface area contributed by atoms with Crippen LogP contribution in [0.3, 0.4) is 0 Å². The number of nitrogens with zero attached hydrogens (tertiary/aromatic N) is 1. The highest BCUT2D eigenvalue weighted by Crippen LogP contribution is 2.29. The van der Waals surface area contributed by atoms with Gasteiger partial charge in [-0.25, -0.2) is 8.42 Å². The second kappa shape index (κ2) is 10.4. The Morgan fingerprint density at radius 1 is 1.16 bits per heavy atom. The molecule has 2 aromatic rings. The van der Waals surface area contributed by atoms with E-state index in [0.29, 0.717) is 38.3 Å². The number of para-hydroxylation sites is 1. The normalized spacial score (nSPS) is 16.4. The third kappa shape index (κ3) is 5.24. The molecular formula is C24H32N2O5S. The lowest BCUT2D eigenvalue weighted by atomic mass is 9.96. The van der Waals surface area contributed by atoms with E-state index >= 15 is 0 Å². The van der Waals surface area contributed by atoms with Gasteiger partial charge in [-0.05, 0) is 63.4 Å². The number of benzene rings is 2. The van der Waals surface area contributed by atoms with Gasteiger partial charge in [0.25, 0.3) is 0 Å². The van der Waals surface area contributed by atoms with Crippen molar-refractivity contribution in [1.82, 2.24) is 9.62 Å². The summed E-state index contributed by atoms with van der Waals surface area (Å²) < 4.78 is 38.5. The lowest BCUT2D eigenvalue weighted by Gasteiger charge is -2.31. The van der Waals surface area contributed by atoms with E-state index in [9.17, 15) is 13.2 Å². The van der Waals surface area contributed by atoms with Gasteiger partial charge in [-0.15, -0.1) is 0 Å². The van der Waals surface area contributed by atoms with Gasteiger partial charge in [0, 0.05) is 24.6 Å². The third-order valence-electron chi connectivity index (χ3n) is 5.87. The van der Waals surface area contributed by atoms with Gasteiger partial charge < -0.3 is 14.8 Å². The molecule has 1 unspecified atom stereocenters. The lowest BCUT2D eigenvalue weighted by molar-refractivity contribution is -0.126. The van der Waals surface area contributed by atoms with Crippen molar-refractivity contribution in [2.24, 2.45) is 5.92 Å². The number of amides is 1. The minimum absolute atomic E-state index is 0.0580. The van der Waals surface area contributed by atoms with Crippen LogP contribution in [0.15, 0.2) is 47.4 Å². The predicted octanol–water partition coefficient (Wildman–Crippen LogP) is 3.68. The van der Waals surface area contributed by atoms with E-state index in [1.54, 1.807) is 25.3 Å². The van der Waals surface area contributed by atoms with Crippen LogP contribution in [0.5, 0.6) is 11.5 Å². The highest BCUT2D eigenvalue weighted by Gasteiger charge is 2.33. The van der Waals surface area contributed by atoms with Gasteiger partial charge in [-0.2, -0.15) is 4.31 Å². The topological polar surface area (TPSA) is 84.9 Å². The highest BCUT2D eigenvalue weighted by atomic mass is 32.2. The molecule has 1 amide bonds. The van der Waals surface area contributed by atoms with E-state index in [2.05, 4.69) is 5.32 Å². The summed E-state index contributed by atoms with van der Waals surface area (Å²) in [5, 5.41) is 3.05. The van der Waals surface area contributed by atoms with Crippen molar-refractivity contribution in [2.45, 2.75) is 44.6 Å². The monoisotopic (exact) mass is 460 g/mol. The van der Waals surface area contributed by atoms with Crippen molar-refractivity contribution in [1.29, 1.82) is 0 Å². The Balaban J connectivity index is 1.61. The summed E-state index contributed by atoms with van der Waals surface area (Å²) >= 11 is 0. The van der Waals surface area contributed by atoms with Crippen LogP contribution >= 0.6 is 0 Å². The molecule has 0 aliphatic carbocycles. The SMILES string of the molecule is CCOc1ccc(S(=O)(=O)N2CCC(C(=O)NC(C)c3ccccc3OC)CC2)cc1C. The van der Waals surface area contributed by atoms with Crippen molar-refractivity contribution in [3.8, 4) is 11.5 Å². The lowest BCUT2D eigenvalue weighted by Crippen LogP contribution is -2.43. The third-order valence-corrected chi connectivity index (χ3v) is 7.77. The molecule has 0 spiro atoms. The minimum atomic E-state index is -3.61. The quantitative estimate of drug-likeness (QED) is 0.650. The van der Waals surface area contributed by atoms with E-state index in [-0.39, 0.29) is 22.8 Å². The fourth-order valence-electron chi connectivity index (χ4n) is 4.04. The van der Waals surface area contributed by atoms with E-state index in [1.807, 2.05) is 45.0 Å². The van der Waals surface area contributed by atoms with Gasteiger partial charge in [-0.1, -0.05) is 18.2 Å². The van der Waals surface area contributed by atoms with E-state index in [4.69, 9.17) is 9.47 Å². The first kappa shape index (κ1) is 24.1. The van der Waals surface area contributed by atoms with Crippen LogP contribution in [0, 0.1) is 12.8 Å². The standard InChI is InChI=1S/C24H32N2O5S/c1-5-31-22-11-10-20(16-17(22)2)32(28,29)26-14-12-19(13-15-26)24(27)25-18(3)21-8-6-7-9-23(21)30-4/h6-11,16,18-19H,5,12-15H2,1-4H3,(H,25,27). The maximum atomic E-state index is 13.1. The van der Waals surface area contributed by atoms with Gasteiger partial charge in [0.1, 0.15) is 11.5 Å². The predicted molar refractivity (Wildman–Crippen MR) is 123 cm³/mol. The molecular weight excluding hydrogens is 428 g/mol. The maximum Gasteiger partial charge on any atom is 0.243 e. The fourth-order valence-corrected chi connectivity index (χ4v) is 5.60. The molecule has 8 heteroatoms. The fraction of sp³-hybridized carbons (Fsp3) is 0.458. The second-order valence-electron chi connectivity index (χ2n) is 8.01. The second-order valence-corrected chi connectivity index (χ2v) is 9.95. The molecule has 1 atom stereocenters. The largest absolute Gasteiger partial charge is 0.496 e. The zero-order chi connectivity index (χ0) is 23.3. The number of ether oxygens (including phenoxy) is 2. The summed E-state index contributed by atoms with van der Waals surface area (Å²) in [5.41, 5.74) is 1.70. The van der Waals surface area contributed by atoms with E-state index in [1.165, 1.54) is 4.31 Å². The smallest absolute Gasteiger partial charge is 0.243 e. The first-order chi connectivity index (χ1) is 15.3. The Kier molecular flexibility index (Phi) is 7.79. The van der Waals surface area contributed by atoms with Gasteiger partial charge in [0.15, 0.2) is 0 Å². The molecule has 1 fully saturated rings. The van der Waals surface area contributed by atoms with Crippen LogP contribution in [0.4, 0.5) is 0 Å². The zero-order valence-electron chi connectivity index (χ0n) is 19.1. The Labute approximate surface area is 190 Å². The Hall–Kier alpha value is -2.58. The van der Waals surface area contributed by atoms with Gasteiger partial charge in [-0.3, -0.25) is 4.79 Å². The average molecular weight is 461 g/mol. The van der Waals surface area contributed by atoms with Crippen molar-refractivity contribution in [3.63, 3.8) is 0 Å². The van der Waals surface area contributed by atoms with Crippen LogP contribution in [0.1, 0.15) is 43.9 Å². The Morgan fingerprint density at radius 2 is 1.84 bits per heavy atom. The number of carbonyl (C=O) groups is 1. The number of carbonyl (C=O) groups excluding carboxylic acids is 1. The first-order valence-electron chi connectivity index (χ1n) is 10.9. The van der Waals surface area contributed by atoms with Crippen LogP contribution in [0.2, 0.25) is 0 Å². The maximum absolute atomic E-state index is 13.1. The summed E-state index contributed by atoms with van der Waals surface area (Å²) in [5.74, 6) is 1.14. The van der Waals surface area contributed by atoms with Crippen LogP contribution in [-0.2, 0) is 14.8 Å². The molecule has 1 aliphatic heterocycles. The van der Waals surface area contributed by atoms with Crippen molar-refractivity contribution < 1.29 is 22.7 Å². The molecule has 0 aromatic heterocycles. The first-order valence-corrected chi connectivity index (χ1v) is 12.4. The average Bonchev–Trinajstić information content (AvgIpc) is 2.80. The number of nitrogens with one attached hydrogen (secondary N) is 1. The van der Waals surface area contributed by atoms with E-state index in [0.717, 1.165) is 16.9 Å². The molecule has 174 valence electrons. The number of aryl methyl sites for hydroxylation is 1. The number of sulfonamides is 1. The van der Waals surface area contributed by atoms with Gasteiger partial charge >= 0.3 is 0 Å². The Bertz CT molecular complexity index is 1050. The van der Waals surface area contributed by atoms with Crippen molar-refractivity contribution in [3.05, 3.63) is 53.6 Å². The molecule has 2 aromatic carbocycles. The van der Waals surface area contributed by atoms with Crippen molar-refractivity contribution in [2.75, 3.05) is 26.8 Å². The molecule has 0 bridgehead atoms. The Morgan fingerprint density at radius 3 is 2.47 bits per heavy atom. The van der Waals surface area contributed by atoms with Gasteiger partial charge in [0.05, 0.1) is 24.7 Å². The molecule has 1 saturated heterocycles. The number of piperidine rings is 1. The molecule has 1 N–H and O–H groups in total. The summed E-state index contributed by atoms with van der Waals surface area (Å²) in [4.78, 5) is 13.1. The highest BCUT2D eigenvalue weighted by molar-refractivity contribution is 7.89. The number of methoxy groups -OCH3 is 1. The number of rotatable bonds is 8. The molecule has 7 nitrogen and oxygen atoms in total. The summed E-state index contributed by atoms with van der Waals surface area (Å²) in [6, 6.07) is 12.3. The minimum Gasteiger partial charge on any atom is -0.496 e. The number of hydrogen-bond donors (Lipinski definition) is 1. The van der Waals surface area contributed by atoms with Crippen LogP contribution in [0.25, 0.3) is 0 Å². The molecule has 0 saturated carbocycles. The van der Waals surface area contributed by atoms with Crippen LogP contribution in [-0.4, -0.2) is 45.4 Å². The van der Waals surface area contributed by atoms with Crippen molar-refractivity contribution >= 4 is 15.9 Å². The van der Waals surface area contributed by atoms with E-state index < -0.39 is 10.0 Å². The number of hydrogen-bond acceptors (Lipinski definition) is 5. The zero-order valence-corrected chi connectivity index (χ0v) is 19.9. The van der Waals surface area contributed by atoms with Crippen LogP contribution < -0.4 is 14.8 Å². The summed E-state index contributed by atoms with van der Waals surface area (Å²) in [7, 11) is -2.00. The molecule has 0 radical (unpaired) electrons. The molecule has 32 heavy (non-hydrogen) atoms. The summed E-state index contributed by atoms with van der Waals surface area (Å²) in [6.45, 7) is 6.80. The summed E-state index contributed by atoms with van der Waals surface area (Å²) in [6.07, 6.45) is 0.972. The molecule has 3 rings (SSSR count). The molecule has 1 heterocycles.